The molecule has 0 amide bonds. The SMILES string of the molecule is COCNc1cnccn1. The Morgan fingerprint density at radius 2 is 2.50 bits per heavy atom. The second-order valence-electron chi connectivity index (χ2n) is 1.70. The lowest BCUT2D eigenvalue weighted by atomic mass is 10.7. The van der Waals surface area contributed by atoms with E-state index in [0.717, 1.165) is 5.82 Å². The number of methoxy groups -OCH3 is 1. The predicted octanol–water partition coefficient (Wildman–Crippen LogP) is 0.492. The van der Waals surface area contributed by atoms with Crippen LogP contribution in [0.25, 0.3) is 0 Å². The van der Waals surface area contributed by atoms with Crippen molar-refractivity contribution in [3.63, 3.8) is 0 Å². The molecule has 0 saturated heterocycles. The molecular weight excluding hydrogens is 130 g/mol. The molecule has 0 spiro atoms. The predicted molar refractivity (Wildman–Crippen MR) is 37.5 cm³/mol. The summed E-state index contributed by atoms with van der Waals surface area (Å²) in [6, 6.07) is 0. The van der Waals surface area contributed by atoms with E-state index in [1.165, 1.54) is 0 Å². The van der Waals surface area contributed by atoms with Gasteiger partial charge >= 0.3 is 0 Å². The summed E-state index contributed by atoms with van der Waals surface area (Å²) in [5.41, 5.74) is 0. The van der Waals surface area contributed by atoms with Crippen LogP contribution in [0, 0.1) is 0 Å². The van der Waals surface area contributed by atoms with E-state index in [-0.39, 0.29) is 0 Å². The van der Waals surface area contributed by atoms with Gasteiger partial charge in [-0.2, -0.15) is 0 Å². The third-order valence-electron chi connectivity index (χ3n) is 0.961. The smallest absolute Gasteiger partial charge is 0.146 e. The van der Waals surface area contributed by atoms with E-state index in [2.05, 4.69) is 15.3 Å². The number of ether oxygens (including phenoxy) is 1. The summed E-state index contributed by atoms with van der Waals surface area (Å²) in [6.45, 7) is 0.457. The molecule has 4 heteroatoms. The van der Waals surface area contributed by atoms with E-state index in [0.29, 0.717) is 6.73 Å². The molecule has 4 nitrogen and oxygen atoms in total. The van der Waals surface area contributed by atoms with Crippen LogP contribution in [0.2, 0.25) is 0 Å². The molecule has 1 rings (SSSR count). The van der Waals surface area contributed by atoms with E-state index in [1.807, 2.05) is 0 Å². The highest BCUT2D eigenvalue weighted by Crippen LogP contribution is 1.94. The summed E-state index contributed by atoms with van der Waals surface area (Å²) in [4.78, 5) is 7.82. The Hall–Kier alpha value is -1.16. The molecule has 0 aromatic carbocycles. The van der Waals surface area contributed by atoms with Gasteiger partial charge < -0.3 is 10.1 Å². The molecule has 1 aromatic rings. The van der Waals surface area contributed by atoms with E-state index in [9.17, 15) is 0 Å². The Kier molecular flexibility index (Phi) is 2.63. The Balaban J connectivity index is 2.43. The summed E-state index contributed by atoms with van der Waals surface area (Å²) in [5, 5.41) is 2.90. The van der Waals surface area contributed by atoms with Gasteiger partial charge in [0.25, 0.3) is 0 Å². The van der Waals surface area contributed by atoms with Crippen molar-refractivity contribution in [1.29, 1.82) is 0 Å². The van der Waals surface area contributed by atoms with Gasteiger partial charge in [0, 0.05) is 19.5 Å². The van der Waals surface area contributed by atoms with Gasteiger partial charge in [0.2, 0.25) is 0 Å². The number of aromatic nitrogens is 2. The van der Waals surface area contributed by atoms with Crippen LogP contribution in [0.1, 0.15) is 0 Å². The van der Waals surface area contributed by atoms with E-state index >= 15 is 0 Å². The van der Waals surface area contributed by atoms with Crippen molar-refractivity contribution < 1.29 is 4.74 Å². The zero-order valence-electron chi connectivity index (χ0n) is 5.74. The fourth-order valence-electron chi connectivity index (χ4n) is 0.536. The first-order valence-electron chi connectivity index (χ1n) is 2.92. The number of anilines is 1. The number of rotatable bonds is 3. The highest BCUT2D eigenvalue weighted by molar-refractivity contribution is 5.28. The molecule has 54 valence electrons. The van der Waals surface area contributed by atoms with Crippen LogP contribution in [0.4, 0.5) is 5.82 Å². The van der Waals surface area contributed by atoms with Crippen LogP contribution in [0.3, 0.4) is 0 Å². The van der Waals surface area contributed by atoms with Crippen molar-refractivity contribution in [2.24, 2.45) is 0 Å². The van der Waals surface area contributed by atoms with Crippen molar-refractivity contribution in [3.8, 4) is 0 Å². The Morgan fingerprint density at radius 1 is 1.60 bits per heavy atom. The molecular formula is C6H9N3O. The molecule has 0 bridgehead atoms. The van der Waals surface area contributed by atoms with E-state index < -0.39 is 0 Å². The second-order valence-corrected chi connectivity index (χ2v) is 1.70. The zero-order chi connectivity index (χ0) is 7.23. The van der Waals surface area contributed by atoms with Gasteiger partial charge in [-0.3, -0.25) is 4.98 Å². The molecule has 0 unspecified atom stereocenters. The monoisotopic (exact) mass is 139 g/mol. The van der Waals surface area contributed by atoms with Gasteiger partial charge in [0.1, 0.15) is 12.5 Å². The molecule has 0 aliphatic carbocycles. The maximum absolute atomic E-state index is 4.77. The number of nitrogens with zero attached hydrogens (tertiary/aromatic N) is 2. The molecule has 1 heterocycles. The topological polar surface area (TPSA) is 47.0 Å². The van der Waals surface area contributed by atoms with Crippen LogP contribution in [-0.4, -0.2) is 23.8 Å². The van der Waals surface area contributed by atoms with Gasteiger partial charge in [0.15, 0.2) is 0 Å². The minimum Gasteiger partial charge on any atom is -0.365 e. The Bertz CT molecular complexity index is 178. The van der Waals surface area contributed by atoms with Crippen LogP contribution in [0.5, 0.6) is 0 Å². The van der Waals surface area contributed by atoms with Crippen LogP contribution in [-0.2, 0) is 4.74 Å². The van der Waals surface area contributed by atoms with Crippen LogP contribution < -0.4 is 5.32 Å². The summed E-state index contributed by atoms with van der Waals surface area (Å²) in [6.07, 6.45) is 4.88. The van der Waals surface area contributed by atoms with Crippen molar-refractivity contribution in [3.05, 3.63) is 18.6 Å². The molecule has 1 N–H and O–H groups in total. The lowest BCUT2D eigenvalue weighted by Gasteiger charge is -2.00. The average molecular weight is 139 g/mol. The van der Waals surface area contributed by atoms with Crippen molar-refractivity contribution in [2.45, 2.75) is 0 Å². The molecule has 0 aliphatic heterocycles. The largest absolute Gasteiger partial charge is 0.365 e. The van der Waals surface area contributed by atoms with Gasteiger partial charge in [0.05, 0.1) is 6.20 Å². The summed E-state index contributed by atoms with van der Waals surface area (Å²) < 4.78 is 4.77. The molecule has 10 heavy (non-hydrogen) atoms. The molecule has 0 radical (unpaired) electrons. The van der Waals surface area contributed by atoms with Gasteiger partial charge in [-0.05, 0) is 0 Å². The van der Waals surface area contributed by atoms with Crippen molar-refractivity contribution >= 4 is 5.82 Å². The van der Waals surface area contributed by atoms with Crippen molar-refractivity contribution in [1.82, 2.24) is 9.97 Å². The average Bonchev–Trinajstić information content (AvgIpc) is 2.03. The van der Waals surface area contributed by atoms with Crippen molar-refractivity contribution in [2.75, 3.05) is 19.2 Å². The maximum atomic E-state index is 4.77. The Morgan fingerprint density at radius 3 is 3.10 bits per heavy atom. The van der Waals surface area contributed by atoms with Crippen LogP contribution in [0.15, 0.2) is 18.6 Å². The lowest BCUT2D eigenvalue weighted by molar-refractivity contribution is 0.221. The van der Waals surface area contributed by atoms with E-state index in [4.69, 9.17) is 4.74 Å². The van der Waals surface area contributed by atoms with Gasteiger partial charge in [-0.15, -0.1) is 0 Å². The zero-order valence-corrected chi connectivity index (χ0v) is 5.74. The summed E-state index contributed by atoms with van der Waals surface area (Å²) in [7, 11) is 1.61. The fraction of sp³-hybridized carbons (Fsp3) is 0.333. The summed E-state index contributed by atoms with van der Waals surface area (Å²) >= 11 is 0. The number of nitrogens with one attached hydrogen (secondary N) is 1. The molecule has 0 fully saturated rings. The van der Waals surface area contributed by atoms with Crippen LogP contribution >= 0.6 is 0 Å². The van der Waals surface area contributed by atoms with Gasteiger partial charge in [-0.25, -0.2) is 4.98 Å². The molecule has 0 atom stereocenters. The molecule has 1 aromatic heterocycles. The maximum Gasteiger partial charge on any atom is 0.146 e. The standard InChI is InChI=1S/C6H9N3O/c1-10-5-9-6-4-7-2-3-8-6/h2-4H,5H2,1H3,(H,8,9). The second kappa shape index (κ2) is 3.79. The highest BCUT2D eigenvalue weighted by Gasteiger charge is 1.86. The molecule has 0 aliphatic rings. The Labute approximate surface area is 59.3 Å². The third-order valence-corrected chi connectivity index (χ3v) is 0.961. The number of hydrogen-bond acceptors (Lipinski definition) is 4. The van der Waals surface area contributed by atoms with Gasteiger partial charge in [-0.1, -0.05) is 0 Å². The fourth-order valence-corrected chi connectivity index (χ4v) is 0.536. The summed E-state index contributed by atoms with van der Waals surface area (Å²) in [5.74, 6) is 0.726. The first-order chi connectivity index (χ1) is 4.93. The normalized spacial score (nSPS) is 9.30. The lowest BCUT2D eigenvalue weighted by Crippen LogP contribution is -2.04. The quantitative estimate of drug-likeness (QED) is 0.619. The first-order valence-corrected chi connectivity index (χ1v) is 2.92. The van der Waals surface area contributed by atoms with E-state index in [1.54, 1.807) is 25.7 Å². The number of hydrogen-bond donors (Lipinski definition) is 1. The minimum absolute atomic E-state index is 0.457. The molecule has 0 saturated carbocycles. The first kappa shape index (κ1) is 6.95. The third kappa shape index (κ3) is 1.99. The highest BCUT2D eigenvalue weighted by atomic mass is 16.5. The minimum atomic E-state index is 0.457.